The smallest absolute Gasteiger partial charge is 0.246 e. The molecule has 0 saturated heterocycles. The van der Waals surface area contributed by atoms with Crippen molar-refractivity contribution >= 4 is 17.6 Å². The molecular formula is C32H60N8O12. The lowest BCUT2D eigenvalue weighted by atomic mass is 10.0. The molecule has 2 amide bonds. The molecule has 0 saturated carbocycles. The average molecular weight is 749 g/mol. The molecule has 300 valence electrons. The molecule has 1 atom stereocenters. The van der Waals surface area contributed by atoms with E-state index < -0.39 is 11.9 Å². The molecule has 20 nitrogen and oxygen atoms in total. The molecule has 20 heteroatoms. The molecule has 0 fully saturated rings. The van der Waals surface area contributed by atoms with E-state index in [1.165, 1.54) is 0 Å². The van der Waals surface area contributed by atoms with Crippen molar-refractivity contribution in [3.05, 3.63) is 20.9 Å². The van der Waals surface area contributed by atoms with Gasteiger partial charge in [0.05, 0.1) is 98.5 Å². The Hall–Kier alpha value is -3.13. The van der Waals surface area contributed by atoms with Gasteiger partial charge in [-0.05, 0) is 43.2 Å². The Balaban J connectivity index is 4.30. The first-order chi connectivity index (χ1) is 25.5. The van der Waals surface area contributed by atoms with Gasteiger partial charge in [0.1, 0.15) is 13.2 Å². The van der Waals surface area contributed by atoms with E-state index in [-0.39, 0.29) is 57.6 Å². The third-order valence-electron chi connectivity index (χ3n) is 6.52. The molecular weight excluding hydrogens is 688 g/mol. The largest absolute Gasteiger partial charge is 0.379 e. The fraction of sp³-hybridized carbons (Fsp3) is 0.906. The van der Waals surface area contributed by atoms with Gasteiger partial charge in [-0.15, -0.1) is 0 Å². The van der Waals surface area contributed by atoms with Crippen molar-refractivity contribution in [2.45, 2.75) is 51.5 Å². The molecule has 0 aliphatic heterocycles. The van der Waals surface area contributed by atoms with Gasteiger partial charge in [-0.1, -0.05) is 17.2 Å². The number of nitrogens with one attached hydrogen (secondary N) is 2. The highest BCUT2D eigenvalue weighted by molar-refractivity contribution is 5.89. The zero-order chi connectivity index (χ0) is 38.0. The van der Waals surface area contributed by atoms with Crippen LogP contribution in [0.3, 0.4) is 0 Å². The number of hydrogen-bond acceptors (Lipinski definition) is 14. The highest BCUT2D eigenvalue weighted by atomic mass is 16.6. The number of ketones is 1. The van der Waals surface area contributed by atoms with E-state index in [2.05, 4.69) is 30.7 Å². The van der Waals surface area contributed by atoms with Crippen LogP contribution in [0.15, 0.2) is 10.2 Å². The van der Waals surface area contributed by atoms with E-state index in [1.807, 2.05) is 6.92 Å². The summed E-state index contributed by atoms with van der Waals surface area (Å²) >= 11 is 0. The molecule has 2 N–H and O–H groups in total. The first-order valence-corrected chi connectivity index (χ1v) is 17.8. The Morgan fingerprint density at radius 3 is 1.50 bits per heavy atom. The lowest BCUT2D eigenvalue weighted by Crippen LogP contribution is -2.42. The topological polar surface area (TPSA) is 256 Å². The third-order valence-corrected chi connectivity index (χ3v) is 6.52. The minimum atomic E-state index is -0.694. The van der Waals surface area contributed by atoms with Gasteiger partial charge in [0.2, 0.25) is 11.8 Å². The molecule has 0 heterocycles. The lowest BCUT2D eigenvalue weighted by Gasteiger charge is -2.18. The third kappa shape index (κ3) is 36.7. The maximum absolute atomic E-state index is 13.0. The molecule has 0 rings (SSSR count). The van der Waals surface area contributed by atoms with Crippen LogP contribution < -0.4 is 10.6 Å². The first kappa shape index (κ1) is 48.9. The lowest BCUT2D eigenvalue weighted by molar-refractivity contribution is -0.131. The second-order valence-electron chi connectivity index (χ2n) is 10.8. The van der Waals surface area contributed by atoms with E-state index in [1.54, 1.807) is 0 Å². The minimum Gasteiger partial charge on any atom is -0.379 e. The van der Waals surface area contributed by atoms with E-state index in [0.717, 1.165) is 6.42 Å². The zero-order valence-corrected chi connectivity index (χ0v) is 30.8. The van der Waals surface area contributed by atoms with Crippen LogP contribution in [0.5, 0.6) is 0 Å². The van der Waals surface area contributed by atoms with Gasteiger partial charge >= 0.3 is 0 Å². The van der Waals surface area contributed by atoms with Crippen molar-refractivity contribution in [3.63, 3.8) is 0 Å². The van der Waals surface area contributed by atoms with Crippen LogP contribution in [0, 0.1) is 0 Å². The van der Waals surface area contributed by atoms with Gasteiger partial charge in [0.15, 0.2) is 5.78 Å². The van der Waals surface area contributed by atoms with Crippen LogP contribution in [0.2, 0.25) is 0 Å². The van der Waals surface area contributed by atoms with Gasteiger partial charge in [-0.2, -0.15) is 0 Å². The molecule has 0 aromatic heterocycles. The number of nitrogens with zero attached hydrogens (tertiary/aromatic N) is 6. The summed E-state index contributed by atoms with van der Waals surface area (Å²) in [5, 5.41) is 12.3. The van der Waals surface area contributed by atoms with Crippen molar-refractivity contribution in [1.82, 2.24) is 10.6 Å². The maximum Gasteiger partial charge on any atom is 0.246 e. The summed E-state index contributed by atoms with van der Waals surface area (Å²) < 4.78 is 48.2. The predicted molar refractivity (Wildman–Crippen MR) is 189 cm³/mol. The van der Waals surface area contributed by atoms with E-state index >= 15 is 0 Å². The van der Waals surface area contributed by atoms with Crippen molar-refractivity contribution in [1.29, 1.82) is 0 Å². The summed E-state index contributed by atoms with van der Waals surface area (Å²) in [6.45, 7) is 8.66. The van der Waals surface area contributed by atoms with Crippen LogP contribution in [-0.4, -0.2) is 162 Å². The monoisotopic (exact) mass is 748 g/mol. The molecule has 0 aliphatic carbocycles. The first-order valence-electron chi connectivity index (χ1n) is 17.8. The van der Waals surface area contributed by atoms with Crippen LogP contribution >= 0.6 is 0 Å². The van der Waals surface area contributed by atoms with Crippen molar-refractivity contribution in [2.24, 2.45) is 10.2 Å². The van der Waals surface area contributed by atoms with Crippen LogP contribution in [0.4, 0.5) is 0 Å². The maximum atomic E-state index is 13.0. The summed E-state index contributed by atoms with van der Waals surface area (Å²) in [7, 11) is 0. The number of Topliss-reactive ketones (excluding diaryl/α,β-unsaturated/α-hetero) is 1. The number of amides is 2. The Morgan fingerprint density at radius 1 is 0.558 bits per heavy atom. The summed E-state index contributed by atoms with van der Waals surface area (Å²) in [4.78, 5) is 42.9. The van der Waals surface area contributed by atoms with Crippen molar-refractivity contribution in [3.8, 4) is 0 Å². The number of hydrogen-bond donors (Lipinski definition) is 2. The fourth-order valence-corrected chi connectivity index (χ4v) is 4.02. The molecule has 0 bridgehead atoms. The Bertz CT molecular complexity index is 972. The fourth-order valence-electron chi connectivity index (χ4n) is 4.02. The molecule has 0 unspecified atom stereocenters. The molecule has 0 aromatic rings. The van der Waals surface area contributed by atoms with Gasteiger partial charge in [0, 0.05) is 49.1 Å². The second kappa shape index (κ2) is 40.6. The molecule has 0 radical (unpaired) electrons. The molecule has 52 heavy (non-hydrogen) atoms. The number of unbranched alkanes of at least 4 members (excludes halogenated alkanes) is 1. The second-order valence-corrected chi connectivity index (χ2v) is 10.8. The number of rotatable bonds is 41. The quantitative estimate of drug-likeness (QED) is 0.0395. The Labute approximate surface area is 306 Å². The molecule has 0 aliphatic rings. The number of ether oxygens (including phenoxy) is 9. The summed E-state index contributed by atoms with van der Waals surface area (Å²) in [6.07, 6.45) is 3.25. The van der Waals surface area contributed by atoms with Crippen LogP contribution in [0.1, 0.15) is 45.4 Å². The van der Waals surface area contributed by atoms with Crippen molar-refractivity contribution in [2.75, 3.05) is 139 Å². The summed E-state index contributed by atoms with van der Waals surface area (Å²) in [5.41, 5.74) is 16.4. The standard InChI is InChI=1S/C32H60N8O12/c1-2-11-44-15-19-49-24-26-52-28-32(43)38-29(30(41)7-5-12-45-16-20-48-21-17-46-13-9-36-39-33)6-3-4-8-35-31(42)27-51-25-23-50-22-18-47-14-10-37-40-34/h29H,2-28H2,1H3,(H,35,42)(H,38,43)/t29-/m0/s1. The van der Waals surface area contributed by atoms with Crippen molar-refractivity contribution < 1.29 is 57.0 Å². The normalized spacial score (nSPS) is 11.4. The van der Waals surface area contributed by atoms with Crippen LogP contribution in [-0.2, 0) is 57.0 Å². The summed E-state index contributed by atoms with van der Waals surface area (Å²) in [6, 6.07) is -0.694. The van der Waals surface area contributed by atoms with Gasteiger partial charge < -0.3 is 53.3 Å². The molecule has 0 spiro atoms. The van der Waals surface area contributed by atoms with Gasteiger partial charge in [-0.25, -0.2) is 0 Å². The predicted octanol–water partition coefficient (Wildman–Crippen LogP) is 2.29. The zero-order valence-electron chi connectivity index (χ0n) is 30.8. The van der Waals surface area contributed by atoms with Gasteiger partial charge in [0.25, 0.3) is 0 Å². The van der Waals surface area contributed by atoms with Crippen LogP contribution in [0.25, 0.3) is 20.9 Å². The van der Waals surface area contributed by atoms with E-state index in [9.17, 15) is 14.4 Å². The highest BCUT2D eigenvalue weighted by Crippen LogP contribution is 2.07. The summed E-state index contributed by atoms with van der Waals surface area (Å²) in [5.74, 6) is -0.772. The minimum absolute atomic E-state index is 0.108. The number of azide groups is 2. The average Bonchev–Trinajstić information content (AvgIpc) is 3.14. The Morgan fingerprint density at radius 2 is 1.00 bits per heavy atom. The number of carbonyl (C=O) groups excluding carboxylic acids is 3. The van der Waals surface area contributed by atoms with E-state index in [4.69, 9.17) is 53.7 Å². The van der Waals surface area contributed by atoms with Gasteiger partial charge in [-0.3, -0.25) is 14.4 Å². The van der Waals surface area contributed by atoms with E-state index in [0.29, 0.717) is 125 Å². The molecule has 0 aromatic carbocycles. The Kier molecular flexibility index (Phi) is 38.2. The SMILES string of the molecule is CCCOCCOCCOCC(=O)N[C@@H](CCCCNC(=O)COCCOCCOCCN=[N+]=[N-])C(=O)CCCOCCOCCOCCN=[N+]=[N-]. The number of carbonyl (C=O) groups is 3. The highest BCUT2D eigenvalue weighted by Gasteiger charge is 2.20.